The fraction of sp³-hybridized carbons (Fsp3) is 0.333. The highest BCUT2D eigenvalue weighted by Crippen LogP contribution is 2.39. The van der Waals surface area contributed by atoms with Gasteiger partial charge in [0.15, 0.2) is 0 Å². The minimum atomic E-state index is -1.04. The van der Waals surface area contributed by atoms with Gasteiger partial charge in [-0.25, -0.2) is 4.21 Å². The van der Waals surface area contributed by atoms with Crippen molar-refractivity contribution < 1.29 is 4.21 Å². The van der Waals surface area contributed by atoms with Gasteiger partial charge in [-0.2, -0.15) is 0 Å². The molecule has 1 aliphatic rings. The minimum absolute atomic E-state index is 0.172. The molecule has 0 spiro atoms. The van der Waals surface area contributed by atoms with Gasteiger partial charge < -0.3 is 0 Å². The second-order valence-electron chi connectivity index (χ2n) is 5.37. The molecule has 1 aromatic carbocycles. The lowest BCUT2D eigenvalue weighted by Gasteiger charge is -2.30. The summed E-state index contributed by atoms with van der Waals surface area (Å²) in [5.41, 5.74) is 1.26. The van der Waals surface area contributed by atoms with Crippen LogP contribution in [0.2, 0.25) is 0 Å². The fourth-order valence-corrected chi connectivity index (χ4v) is 3.80. The Morgan fingerprint density at radius 3 is 2.41 bits per heavy atom. The molecule has 0 radical (unpaired) electrons. The van der Waals surface area contributed by atoms with Gasteiger partial charge in [0.25, 0.3) is 0 Å². The van der Waals surface area contributed by atoms with E-state index in [1.165, 1.54) is 0 Å². The second kappa shape index (κ2) is 4.61. The zero-order chi connectivity index (χ0) is 12.5. The first-order chi connectivity index (χ1) is 7.98. The van der Waals surface area contributed by atoms with Crippen LogP contribution in [-0.4, -0.2) is 4.21 Å². The van der Waals surface area contributed by atoms with Gasteiger partial charge >= 0.3 is 0 Å². The smallest absolute Gasteiger partial charge is 0.0808 e. The molecule has 1 unspecified atom stereocenters. The highest BCUT2D eigenvalue weighted by atomic mass is 32.2. The second-order valence-corrected chi connectivity index (χ2v) is 6.90. The van der Waals surface area contributed by atoms with E-state index < -0.39 is 10.8 Å². The number of rotatable bonds is 2. The van der Waals surface area contributed by atoms with Gasteiger partial charge in [0, 0.05) is 9.80 Å². The molecular weight excluding hydrogens is 228 g/mol. The molecule has 0 amide bonds. The van der Waals surface area contributed by atoms with Crippen LogP contribution in [0.4, 0.5) is 0 Å². The number of hydrogen-bond donors (Lipinski definition) is 0. The average Bonchev–Trinajstić information content (AvgIpc) is 2.26. The van der Waals surface area contributed by atoms with Crippen molar-refractivity contribution in [2.45, 2.75) is 31.6 Å². The summed E-state index contributed by atoms with van der Waals surface area (Å²) in [6.45, 7) is 8.43. The predicted molar refractivity (Wildman–Crippen MR) is 73.1 cm³/mol. The molecule has 0 saturated heterocycles. The molecule has 90 valence electrons. The van der Waals surface area contributed by atoms with Crippen LogP contribution in [0.5, 0.6) is 0 Å². The van der Waals surface area contributed by atoms with E-state index in [-0.39, 0.29) is 5.41 Å². The summed E-state index contributed by atoms with van der Waals surface area (Å²) in [6, 6.07) is 9.63. The number of benzene rings is 1. The highest BCUT2D eigenvalue weighted by molar-refractivity contribution is 7.89. The summed E-state index contributed by atoms with van der Waals surface area (Å²) >= 11 is 0. The largest absolute Gasteiger partial charge is 0.249 e. The summed E-state index contributed by atoms with van der Waals surface area (Å²) in [5.74, 6) is 0. The van der Waals surface area contributed by atoms with Gasteiger partial charge in [0.1, 0.15) is 0 Å². The van der Waals surface area contributed by atoms with E-state index in [9.17, 15) is 4.21 Å². The van der Waals surface area contributed by atoms with Gasteiger partial charge in [-0.15, -0.1) is 0 Å². The van der Waals surface area contributed by atoms with Crippen LogP contribution in [0.1, 0.15) is 26.7 Å². The lowest BCUT2D eigenvalue weighted by Crippen LogP contribution is -2.18. The molecule has 0 fully saturated rings. The van der Waals surface area contributed by atoms with Crippen molar-refractivity contribution in [3.63, 3.8) is 0 Å². The molecular formula is C15H18OS. The third kappa shape index (κ3) is 2.95. The van der Waals surface area contributed by atoms with E-state index in [4.69, 9.17) is 0 Å². The molecule has 1 aliphatic carbocycles. The van der Waals surface area contributed by atoms with Crippen LogP contribution in [-0.2, 0) is 10.8 Å². The van der Waals surface area contributed by atoms with Crippen LogP contribution >= 0.6 is 0 Å². The number of hydrogen-bond acceptors (Lipinski definition) is 1. The maximum absolute atomic E-state index is 12.4. The summed E-state index contributed by atoms with van der Waals surface area (Å²) in [6.07, 6.45) is 3.88. The van der Waals surface area contributed by atoms with Crippen LogP contribution in [0.25, 0.3) is 0 Å². The van der Waals surface area contributed by atoms with Crippen molar-refractivity contribution in [3.05, 3.63) is 53.5 Å². The molecule has 0 aromatic heterocycles. The van der Waals surface area contributed by atoms with Crippen molar-refractivity contribution in [1.82, 2.24) is 0 Å². The van der Waals surface area contributed by atoms with E-state index in [1.807, 2.05) is 36.4 Å². The Hall–Kier alpha value is -1.15. The molecule has 0 heterocycles. The minimum Gasteiger partial charge on any atom is -0.249 e. The molecule has 1 nitrogen and oxygen atoms in total. The normalized spacial score (nSPS) is 20.8. The third-order valence-electron chi connectivity index (χ3n) is 2.92. The Morgan fingerprint density at radius 2 is 1.82 bits per heavy atom. The Bertz CT molecular complexity index is 483. The summed E-state index contributed by atoms with van der Waals surface area (Å²) < 4.78 is 12.4. The van der Waals surface area contributed by atoms with Gasteiger partial charge in [-0.3, -0.25) is 0 Å². The van der Waals surface area contributed by atoms with Crippen LogP contribution < -0.4 is 0 Å². The van der Waals surface area contributed by atoms with E-state index in [0.717, 1.165) is 28.2 Å². The molecule has 0 bridgehead atoms. The standard InChI is InChI=1S/C15H18OS/c1-12-9-14(11-15(2,3)10-12)17(16)13-7-5-4-6-8-13/h4-9H,1,10-11H2,2-3H3. The fourth-order valence-electron chi connectivity index (χ4n) is 2.29. The van der Waals surface area contributed by atoms with Gasteiger partial charge in [-0.1, -0.05) is 44.2 Å². The van der Waals surface area contributed by atoms with Crippen LogP contribution in [0.3, 0.4) is 0 Å². The highest BCUT2D eigenvalue weighted by Gasteiger charge is 2.27. The molecule has 1 aromatic rings. The van der Waals surface area contributed by atoms with E-state index >= 15 is 0 Å². The lowest BCUT2D eigenvalue weighted by atomic mass is 9.79. The molecule has 0 saturated carbocycles. The molecule has 2 heteroatoms. The first-order valence-electron chi connectivity index (χ1n) is 5.83. The van der Waals surface area contributed by atoms with Crippen molar-refractivity contribution in [2.75, 3.05) is 0 Å². The molecule has 2 rings (SSSR count). The predicted octanol–water partition coefficient (Wildman–Crippen LogP) is 4.05. The topological polar surface area (TPSA) is 17.1 Å². The Labute approximate surface area is 106 Å². The molecule has 1 atom stereocenters. The molecule has 0 N–H and O–H groups in total. The first-order valence-corrected chi connectivity index (χ1v) is 6.98. The molecule has 17 heavy (non-hydrogen) atoms. The zero-order valence-corrected chi connectivity index (χ0v) is 11.2. The number of allylic oxidation sites excluding steroid dienone is 3. The summed E-state index contributed by atoms with van der Waals surface area (Å²) in [7, 11) is -1.04. The van der Waals surface area contributed by atoms with Gasteiger partial charge in [0.2, 0.25) is 0 Å². The monoisotopic (exact) mass is 246 g/mol. The maximum Gasteiger partial charge on any atom is 0.0808 e. The lowest BCUT2D eigenvalue weighted by molar-refractivity contribution is 0.359. The Balaban J connectivity index is 2.29. The van der Waals surface area contributed by atoms with E-state index in [2.05, 4.69) is 20.4 Å². The maximum atomic E-state index is 12.4. The molecule has 0 aliphatic heterocycles. The Morgan fingerprint density at radius 1 is 1.18 bits per heavy atom. The Kier molecular flexibility index (Phi) is 3.34. The SMILES string of the molecule is C=C1C=C(S(=O)c2ccccc2)CC(C)(C)C1. The van der Waals surface area contributed by atoms with Crippen LogP contribution in [0.15, 0.2) is 58.4 Å². The van der Waals surface area contributed by atoms with Gasteiger partial charge in [0.05, 0.1) is 10.8 Å². The van der Waals surface area contributed by atoms with Gasteiger partial charge in [-0.05, 0) is 36.5 Å². The van der Waals surface area contributed by atoms with E-state index in [1.54, 1.807) is 0 Å². The van der Waals surface area contributed by atoms with Crippen molar-refractivity contribution >= 4 is 10.8 Å². The average molecular weight is 246 g/mol. The summed E-state index contributed by atoms with van der Waals surface area (Å²) in [4.78, 5) is 1.88. The quantitative estimate of drug-likeness (QED) is 0.769. The van der Waals surface area contributed by atoms with E-state index in [0.29, 0.717) is 0 Å². The van der Waals surface area contributed by atoms with Crippen molar-refractivity contribution in [2.24, 2.45) is 5.41 Å². The van der Waals surface area contributed by atoms with Crippen molar-refractivity contribution in [1.29, 1.82) is 0 Å². The third-order valence-corrected chi connectivity index (χ3v) is 4.36. The summed E-state index contributed by atoms with van der Waals surface area (Å²) in [5, 5.41) is 0. The first kappa shape index (κ1) is 12.3. The van der Waals surface area contributed by atoms with Crippen LogP contribution in [0, 0.1) is 5.41 Å². The zero-order valence-electron chi connectivity index (χ0n) is 10.4. The van der Waals surface area contributed by atoms with Crippen molar-refractivity contribution in [3.8, 4) is 0 Å².